The van der Waals surface area contributed by atoms with Crippen molar-refractivity contribution >= 4 is 11.8 Å². The Hall–Kier alpha value is -1.52. The van der Waals surface area contributed by atoms with Crippen LogP contribution in [-0.2, 0) is 0 Å². The molecule has 4 heteroatoms. The molecule has 2 aromatic rings. The first-order valence-corrected chi connectivity index (χ1v) is 7.53. The van der Waals surface area contributed by atoms with E-state index in [2.05, 4.69) is 0 Å². The van der Waals surface area contributed by atoms with Crippen LogP contribution in [0.1, 0.15) is 24.2 Å². The molecule has 0 aliphatic heterocycles. The van der Waals surface area contributed by atoms with Gasteiger partial charge in [-0.2, -0.15) is 0 Å². The van der Waals surface area contributed by atoms with E-state index < -0.39 is 6.10 Å². The van der Waals surface area contributed by atoms with E-state index in [1.54, 1.807) is 31.7 Å². The molecule has 1 atom stereocenters. The average Bonchev–Trinajstić information content (AvgIpc) is 2.43. The van der Waals surface area contributed by atoms with E-state index >= 15 is 0 Å². The van der Waals surface area contributed by atoms with Crippen LogP contribution in [0.5, 0.6) is 11.5 Å². The number of aliphatic hydroxyl groups excluding tert-OH is 1. The van der Waals surface area contributed by atoms with Crippen molar-refractivity contribution in [2.45, 2.75) is 24.8 Å². The third-order valence-electron chi connectivity index (χ3n) is 3.03. The van der Waals surface area contributed by atoms with Crippen molar-refractivity contribution in [3.63, 3.8) is 0 Å². The van der Waals surface area contributed by atoms with Gasteiger partial charge in [-0.3, -0.25) is 0 Å². The summed E-state index contributed by atoms with van der Waals surface area (Å²) >= 11 is 1.65. The Bertz CT molecular complexity index is 594. The van der Waals surface area contributed by atoms with Crippen molar-refractivity contribution in [2.24, 2.45) is 0 Å². The molecule has 0 amide bonds. The molecule has 0 aromatic heterocycles. The second-order valence-electron chi connectivity index (χ2n) is 4.59. The fraction of sp³-hybridized carbons (Fsp3) is 0.250. The molecule has 2 nitrogen and oxygen atoms in total. The Morgan fingerprint density at radius 3 is 2.40 bits per heavy atom. The number of aryl methyl sites for hydroxylation is 1. The average molecular weight is 292 g/mol. The third kappa shape index (κ3) is 3.32. The van der Waals surface area contributed by atoms with Crippen LogP contribution in [0.3, 0.4) is 0 Å². The van der Waals surface area contributed by atoms with E-state index in [0.717, 1.165) is 4.90 Å². The highest BCUT2D eigenvalue weighted by Gasteiger charge is 2.13. The fourth-order valence-corrected chi connectivity index (χ4v) is 2.26. The van der Waals surface area contributed by atoms with Gasteiger partial charge in [0.2, 0.25) is 0 Å². The topological polar surface area (TPSA) is 29.5 Å². The first kappa shape index (κ1) is 14.9. The van der Waals surface area contributed by atoms with Gasteiger partial charge >= 0.3 is 0 Å². The predicted molar refractivity (Wildman–Crippen MR) is 80.1 cm³/mol. The molecule has 0 aliphatic rings. The smallest absolute Gasteiger partial charge is 0.133 e. The van der Waals surface area contributed by atoms with Crippen LogP contribution in [0.15, 0.2) is 41.3 Å². The molecule has 0 unspecified atom stereocenters. The molecule has 0 aliphatic carbocycles. The van der Waals surface area contributed by atoms with Gasteiger partial charge in [0, 0.05) is 10.5 Å². The van der Waals surface area contributed by atoms with Crippen LogP contribution < -0.4 is 4.74 Å². The third-order valence-corrected chi connectivity index (χ3v) is 3.77. The van der Waals surface area contributed by atoms with Crippen LogP contribution in [0.25, 0.3) is 0 Å². The SMILES string of the molecule is CSc1ccc(Oc2cc(C)c(F)cc2[C@@H](C)O)cc1. The summed E-state index contributed by atoms with van der Waals surface area (Å²) in [6, 6.07) is 10.6. The lowest BCUT2D eigenvalue weighted by molar-refractivity contribution is 0.195. The monoisotopic (exact) mass is 292 g/mol. The molecule has 1 N–H and O–H groups in total. The number of ether oxygens (including phenoxy) is 1. The zero-order chi connectivity index (χ0) is 14.7. The summed E-state index contributed by atoms with van der Waals surface area (Å²) in [6.45, 7) is 3.26. The first-order valence-electron chi connectivity index (χ1n) is 6.31. The first-order chi connectivity index (χ1) is 9.51. The zero-order valence-electron chi connectivity index (χ0n) is 11.7. The van der Waals surface area contributed by atoms with Gasteiger partial charge in [-0.1, -0.05) is 0 Å². The Morgan fingerprint density at radius 1 is 1.20 bits per heavy atom. The van der Waals surface area contributed by atoms with Crippen LogP contribution in [0.4, 0.5) is 4.39 Å². The molecule has 0 bridgehead atoms. The van der Waals surface area contributed by atoms with Gasteiger partial charge in [0.15, 0.2) is 0 Å². The quantitative estimate of drug-likeness (QED) is 0.828. The van der Waals surface area contributed by atoms with E-state index in [1.807, 2.05) is 30.5 Å². The van der Waals surface area contributed by atoms with Crippen LogP contribution in [0, 0.1) is 12.7 Å². The molecule has 0 saturated heterocycles. The number of aliphatic hydroxyl groups is 1. The van der Waals surface area contributed by atoms with Crippen molar-refractivity contribution < 1.29 is 14.2 Å². The maximum atomic E-state index is 13.6. The lowest BCUT2D eigenvalue weighted by Crippen LogP contribution is -1.99. The molecule has 0 radical (unpaired) electrons. The van der Waals surface area contributed by atoms with Crippen LogP contribution in [0.2, 0.25) is 0 Å². The number of halogens is 1. The lowest BCUT2D eigenvalue weighted by atomic mass is 10.1. The van der Waals surface area contributed by atoms with Crippen molar-refractivity contribution in [3.05, 3.63) is 53.3 Å². The minimum Gasteiger partial charge on any atom is -0.457 e. The summed E-state index contributed by atoms with van der Waals surface area (Å²) < 4.78 is 19.4. The van der Waals surface area contributed by atoms with Crippen molar-refractivity contribution in [2.75, 3.05) is 6.26 Å². The molecule has 0 heterocycles. The van der Waals surface area contributed by atoms with E-state index in [4.69, 9.17) is 4.74 Å². The minimum absolute atomic E-state index is 0.342. The minimum atomic E-state index is -0.787. The molecule has 0 spiro atoms. The van der Waals surface area contributed by atoms with Gasteiger partial charge in [-0.25, -0.2) is 4.39 Å². The largest absolute Gasteiger partial charge is 0.457 e. The van der Waals surface area contributed by atoms with Gasteiger partial charge in [-0.05, 0) is 62.1 Å². The summed E-state index contributed by atoms with van der Waals surface area (Å²) in [7, 11) is 0. The van der Waals surface area contributed by atoms with Crippen molar-refractivity contribution in [1.82, 2.24) is 0 Å². The van der Waals surface area contributed by atoms with E-state index in [9.17, 15) is 9.50 Å². The summed E-state index contributed by atoms with van der Waals surface area (Å²) in [6.07, 6.45) is 1.22. The van der Waals surface area contributed by atoms with Gasteiger partial charge < -0.3 is 9.84 Å². The molecule has 106 valence electrons. The summed E-state index contributed by atoms with van der Waals surface area (Å²) in [5.41, 5.74) is 0.937. The highest BCUT2D eigenvalue weighted by atomic mass is 32.2. The zero-order valence-corrected chi connectivity index (χ0v) is 12.5. The predicted octanol–water partition coefficient (Wildman–Crippen LogP) is 4.70. The Labute approximate surface area is 122 Å². The van der Waals surface area contributed by atoms with Crippen LogP contribution in [-0.4, -0.2) is 11.4 Å². The fourth-order valence-electron chi connectivity index (χ4n) is 1.86. The van der Waals surface area contributed by atoms with Gasteiger partial charge in [0.05, 0.1) is 6.10 Å². The molecular formula is C16H17FO2S. The summed E-state index contributed by atoms with van der Waals surface area (Å²) in [5, 5.41) is 9.73. The lowest BCUT2D eigenvalue weighted by Gasteiger charge is -2.15. The summed E-state index contributed by atoms with van der Waals surface area (Å²) in [5.74, 6) is 0.803. The summed E-state index contributed by atoms with van der Waals surface area (Å²) in [4.78, 5) is 1.14. The molecule has 20 heavy (non-hydrogen) atoms. The van der Waals surface area contributed by atoms with Crippen LogP contribution >= 0.6 is 11.8 Å². The molecule has 2 aromatic carbocycles. The van der Waals surface area contributed by atoms with E-state index in [-0.39, 0.29) is 5.82 Å². The van der Waals surface area contributed by atoms with Gasteiger partial charge in [0.1, 0.15) is 17.3 Å². The maximum absolute atomic E-state index is 13.6. The Kier molecular flexibility index (Phi) is 4.68. The number of hydrogen-bond acceptors (Lipinski definition) is 3. The second-order valence-corrected chi connectivity index (χ2v) is 5.47. The van der Waals surface area contributed by atoms with Gasteiger partial charge in [0.25, 0.3) is 0 Å². The highest BCUT2D eigenvalue weighted by molar-refractivity contribution is 7.98. The number of rotatable bonds is 4. The molecular weight excluding hydrogens is 275 g/mol. The Balaban J connectivity index is 2.33. The van der Waals surface area contributed by atoms with Gasteiger partial charge in [-0.15, -0.1) is 11.8 Å². The molecule has 0 fully saturated rings. The normalized spacial score (nSPS) is 12.2. The maximum Gasteiger partial charge on any atom is 0.133 e. The number of hydrogen-bond donors (Lipinski definition) is 1. The Morgan fingerprint density at radius 2 is 1.85 bits per heavy atom. The number of benzene rings is 2. The standard InChI is InChI=1S/C16H17FO2S/c1-10-8-16(14(11(2)18)9-15(10)17)19-12-4-6-13(20-3)7-5-12/h4-9,11,18H,1-3H3/t11-/m1/s1. The molecule has 2 rings (SSSR count). The van der Waals surface area contributed by atoms with Crippen molar-refractivity contribution in [3.8, 4) is 11.5 Å². The second kappa shape index (κ2) is 6.29. The molecule has 0 saturated carbocycles. The van der Waals surface area contributed by atoms with Crippen molar-refractivity contribution in [1.29, 1.82) is 0 Å². The number of thioether (sulfide) groups is 1. The highest BCUT2D eigenvalue weighted by Crippen LogP contribution is 2.32. The van der Waals surface area contributed by atoms with E-state index in [1.165, 1.54) is 6.07 Å². The van der Waals surface area contributed by atoms with E-state index in [0.29, 0.717) is 22.6 Å².